The van der Waals surface area contributed by atoms with Crippen molar-refractivity contribution in [2.75, 3.05) is 6.54 Å². The third-order valence-corrected chi connectivity index (χ3v) is 6.16. The van der Waals surface area contributed by atoms with Crippen molar-refractivity contribution in [3.63, 3.8) is 0 Å². The molecule has 146 valence electrons. The number of nitrogens with one attached hydrogen (secondary N) is 2. The van der Waals surface area contributed by atoms with E-state index in [1.54, 1.807) is 22.7 Å². The Hall–Kier alpha value is -1.46. The Morgan fingerprint density at radius 3 is 2.59 bits per heavy atom. The molecular formula is C18H25IN6S2. The summed E-state index contributed by atoms with van der Waals surface area (Å²) in [5.41, 5.74) is 0. The summed E-state index contributed by atoms with van der Waals surface area (Å²) >= 11 is 3.53. The summed E-state index contributed by atoms with van der Waals surface area (Å²) in [5.74, 6) is 2.97. The maximum Gasteiger partial charge on any atom is 0.192 e. The van der Waals surface area contributed by atoms with Crippen LogP contribution >= 0.6 is 46.7 Å². The second-order valence-corrected chi connectivity index (χ2v) is 8.13. The van der Waals surface area contributed by atoms with Crippen molar-refractivity contribution in [3.8, 4) is 0 Å². The van der Waals surface area contributed by atoms with Gasteiger partial charge in [0.25, 0.3) is 0 Å². The molecule has 2 N–H and O–H groups in total. The Morgan fingerprint density at radius 2 is 1.96 bits per heavy atom. The SMILES string of the molecule is Cc1nnc(CN=C(NCc2cccs2)NCC(C)c2cccs2)n1C.I. The quantitative estimate of drug-likeness (QED) is 0.284. The van der Waals surface area contributed by atoms with E-state index in [4.69, 9.17) is 4.99 Å². The molecule has 27 heavy (non-hydrogen) atoms. The molecule has 3 aromatic rings. The maximum absolute atomic E-state index is 4.70. The molecule has 6 nitrogen and oxygen atoms in total. The van der Waals surface area contributed by atoms with Crippen LogP contribution in [0.3, 0.4) is 0 Å². The molecule has 3 heterocycles. The molecule has 0 fully saturated rings. The van der Waals surface area contributed by atoms with E-state index < -0.39 is 0 Å². The smallest absolute Gasteiger partial charge is 0.192 e. The van der Waals surface area contributed by atoms with Gasteiger partial charge in [-0.25, -0.2) is 4.99 Å². The molecule has 0 saturated heterocycles. The standard InChI is InChI=1S/C18H24N6S2.HI/c1-13(16-7-5-9-26-16)10-19-18(20-11-15-6-4-8-25-15)21-12-17-23-22-14(2)24(17)3;/h4-9,13H,10-12H2,1-3H3,(H2,19,20,21);1H. The zero-order valence-electron chi connectivity index (χ0n) is 15.7. The molecule has 0 aliphatic carbocycles. The average Bonchev–Trinajstić information content (AvgIpc) is 3.39. The highest BCUT2D eigenvalue weighted by molar-refractivity contribution is 14.0. The number of nitrogens with zero attached hydrogens (tertiary/aromatic N) is 4. The van der Waals surface area contributed by atoms with E-state index >= 15 is 0 Å². The van der Waals surface area contributed by atoms with Crippen LogP contribution in [0.2, 0.25) is 0 Å². The number of aliphatic imine (C=N–C) groups is 1. The number of aryl methyl sites for hydroxylation is 1. The van der Waals surface area contributed by atoms with Gasteiger partial charge in [-0.05, 0) is 29.8 Å². The summed E-state index contributed by atoms with van der Waals surface area (Å²) in [6.07, 6.45) is 0. The van der Waals surface area contributed by atoms with E-state index in [0.29, 0.717) is 12.5 Å². The largest absolute Gasteiger partial charge is 0.356 e. The average molecular weight is 516 g/mol. The van der Waals surface area contributed by atoms with Gasteiger partial charge < -0.3 is 15.2 Å². The number of halogens is 1. The number of rotatable bonds is 7. The molecule has 9 heteroatoms. The lowest BCUT2D eigenvalue weighted by Gasteiger charge is -2.15. The molecule has 1 unspecified atom stereocenters. The summed E-state index contributed by atoms with van der Waals surface area (Å²) in [6, 6.07) is 8.45. The minimum absolute atomic E-state index is 0. The van der Waals surface area contributed by atoms with Gasteiger partial charge in [-0.15, -0.1) is 56.8 Å². The van der Waals surface area contributed by atoms with E-state index in [2.05, 4.69) is 62.8 Å². The minimum Gasteiger partial charge on any atom is -0.356 e. The lowest BCUT2D eigenvalue weighted by Crippen LogP contribution is -2.38. The predicted molar refractivity (Wildman–Crippen MR) is 124 cm³/mol. The number of thiophene rings is 2. The number of hydrogen-bond acceptors (Lipinski definition) is 5. The lowest BCUT2D eigenvalue weighted by atomic mass is 10.1. The fourth-order valence-electron chi connectivity index (χ4n) is 2.42. The first-order valence-corrected chi connectivity index (χ1v) is 10.3. The molecule has 0 aliphatic heterocycles. The first-order valence-electron chi connectivity index (χ1n) is 8.56. The van der Waals surface area contributed by atoms with E-state index in [-0.39, 0.29) is 24.0 Å². The van der Waals surface area contributed by atoms with E-state index in [9.17, 15) is 0 Å². The maximum atomic E-state index is 4.70. The van der Waals surface area contributed by atoms with Gasteiger partial charge >= 0.3 is 0 Å². The minimum atomic E-state index is 0. The zero-order valence-corrected chi connectivity index (χ0v) is 19.6. The van der Waals surface area contributed by atoms with Crippen molar-refractivity contribution in [3.05, 3.63) is 56.4 Å². The number of hydrogen-bond donors (Lipinski definition) is 2. The topological polar surface area (TPSA) is 67.1 Å². The fraction of sp³-hybridized carbons (Fsp3) is 0.389. The molecule has 0 radical (unpaired) electrons. The van der Waals surface area contributed by atoms with E-state index in [1.807, 2.05) is 18.5 Å². The monoisotopic (exact) mass is 516 g/mol. The molecule has 0 spiro atoms. The van der Waals surface area contributed by atoms with Crippen molar-refractivity contribution in [2.24, 2.45) is 12.0 Å². The van der Waals surface area contributed by atoms with Gasteiger partial charge in [0.05, 0.1) is 6.54 Å². The van der Waals surface area contributed by atoms with Crippen LogP contribution < -0.4 is 10.6 Å². The van der Waals surface area contributed by atoms with Crippen molar-refractivity contribution in [2.45, 2.75) is 32.9 Å². The molecule has 0 aromatic carbocycles. The van der Waals surface area contributed by atoms with Crippen LogP contribution in [0.5, 0.6) is 0 Å². The van der Waals surface area contributed by atoms with Gasteiger partial charge in [0, 0.05) is 29.3 Å². The van der Waals surface area contributed by atoms with Crippen molar-refractivity contribution >= 4 is 52.6 Å². The number of guanidine groups is 1. The Kier molecular flexibility index (Phi) is 8.71. The van der Waals surface area contributed by atoms with E-state index in [1.165, 1.54) is 9.75 Å². The highest BCUT2D eigenvalue weighted by Gasteiger charge is 2.09. The summed E-state index contributed by atoms with van der Waals surface area (Å²) in [5, 5.41) is 19.4. The van der Waals surface area contributed by atoms with Crippen LogP contribution in [-0.2, 0) is 20.1 Å². The van der Waals surface area contributed by atoms with Crippen LogP contribution in [0.4, 0.5) is 0 Å². The third-order valence-electron chi connectivity index (χ3n) is 4.18. The lowest BCUT2D eigenvalue weighted by molar-refractivity contribution is 0.700. The van der Waals surface area contributed by atoms with Gasteiger partial charge in [0.15, 0.2) is 11.8 Å². The van der Waals surface area contributed by atoms with Gasteiger partial charge in [-0.1, -0.05) is 19.1 Å². The number of aromatic nitrogens is 3. The van der Waals surface area contributed by atoms with Crippen molar-refractivity contribution in [1.29, 1.82) is 0 Å². The van der Waals surface area contributed by atoms with Crippen molar-refractivity contribution in [1.82, 2.24) is 25.4 Å². The zero-order chi connectivity index (χ0) is 18.4. The van der Waals surface area contributed by atoms with Crippen LogP contribution in [0.1, 0.15) is 34.2 Å². The first kappa shape index (κ1) is 21.8. The van der Waals surface area contributed by atoms with Crippen LogP contribution in [0.15, 0.2) is 40.0 Å². The summed E-state index contributed by atoms with van der Waals surface area (Å²) in [7, 11) is 1.96. The Balaban J connectivity index is 0.00000261. The van der Waals surface area contributed by atoms with Crippen molar-refractivity contribution < 1.29 is 0 Å². The second kappa shape index (κ2) is 10.8. The Morgan fingerprint density at radius 1 is 1.19 bits per heavy atom. The summed E-state index contributed by atoms with van der Waals surface area (Å²) in [6.45, 7) is 6.24. The highest BCUT2D eigenvalue weighted by Crippen LogP contribution is 2.19. The molecule has 3 aromatic heterocycles. The molecule has 0 saturated carbocycles. The third kappa shape index (κ3) is 6.28. The summed E-state index contributed by atoms with van der Waals surface area (Å²) < 4.78 is 1.97. The molecule has 1 atom stereocenters. The fourth-order valence-corrected chi connectivity index (χ4v) is 3.85. The second-order valence-electron chi connectivity index (χ2n) is 6.12. The van der Waals surface area contributed by atoms with Gasteiger partial charge in [-0.2, -0.15) is 0 Å². The molecule has 0 bridgehead atoms. The first-order chi connectivity index (χ1) is 12.6. The summed E-state index contributed by atoms with van der Waals surface area (Å²) in [4.78, 5) is 7.35. The highest BCUT2D eigenvalue weighted by atomic mass is 127. The van der Waals surface area contributed by atoms with Crippen LogP contribution in [0.25, 0.3) is 0 Å². The molecule has 0 aliphatic rings. The van der Waals surface area contributed by atoms with Crippen LogP contribution in [0, 0.1) is 6.92 Å². The Labute approximate surface area is 185 Å². The normalized spacial score (nSPS) is 12.5. The van der Waals surface area contributed by atoms with E-state index in [0.717, 1.165) is 30.7 Å². The van der Waals surface area contributed by atoms with Gasteiger partial charge in [-0.3, -0.25) is 0 Å². The van der Waals surface area contributed by atoms with Gasteiger partial charge in [0.2, 0.25) is 0 Å². The molecular weight excluding hydrogens is 491 g/mol. The predicted octanol–water partition coefficient (Wildman–Crippen LogP) is 3.90. The van der Waals surface area contributed by atoms with Gasteiger partial charge in [0.1, 0.15) is 12.4 Å². The Bertz CT molecular complexity index is 826. The molecule has 3 rings (SSSR count). The van der Waals surface area contributed by atoms with Crippen LogP contribution in [-0.4, -0.2) is 27.3 Å². The molecule has 0 amide bonds.